The summed E-state index contributed by atoms with van der Waals surface area (Å²) in [5.41, 5.74) is 0. The molecule has 0 rings (SSSR count). The van der Waals surface area contributed by atoms with Crippen molar-refractivity contribution in [1.82, 2.24) is 0 Å². The summed E-state index contributed by atoms with van der Waals surface area (Å²) < 4.78 is 0. The van der Waals surface area contributed by atoms with Crippen molar-refractivity contribution in [2.75, 3.05) is 12.3 Å². The van der Waals surface area contributed by atoms with Crippen molar-refractivity contribution < 1.29 is 0 Å². The zero-order valence-corrected chi connectivity index (χ0v) is 7.20. The van der Waals surface area contributed by atoms with E-state index in [4.69, 9.17) is 0 Å². The molecule has 0 aromatic carbocycles. The van der Waals surface area contributed by atoms with Crippen molar-refractivity contribution in [1.29, 1.82) is 0 Å². The maximum atomic E-state index is 2.29. The highest BCUT2D eigenvalue weighted by atomic mass is 31.1. The molecular formula is C7H17P. The van der Waals surface area contributed by atoms with Gasteiger partial charge in [0.05, 0.1) is 0 Å². The Morgan fingerprint density at radius 2 is 2.00 bits per heavy atom. The topological polar surface area (TPSA) is 0 Å². The molecule has 0 aromatic heterocycles. The van der Waals surface area contributed by atoms with Crippen molar-refractivity contribution in [3.63, 3.8) is 0 Å². The molecule has 0 saturated carbocycles. The molecule has 0 bridgehead atoms. The van der Waals surface area contributed by atoms with E-state index in [0.29, 0.717) is 0 Å². The third-order valence-electron chi connectivity index (χ3n) is 1.15. The van der Waals surface area contributed by atoms with Gasteiger partial charge in [0.2, 0.25) is 0 Å². The molecule has 1 atom stereocenters. The average Bonchev–Trinajstić information content (AvgIpc) is 1.66. The Balaban J connectivity index is 2.72. The van der Waals surface area contributed by atoms with Gasteiger partial charge in [0, 0.05) is 0 Å². The molecule has 0 aliphatic rings. The minimum atomic E-state index is 0.911. The monoisotopic (exact) mass is 132 g/mol. The van der Waals surface area contributed by atoms with Gasteiger partial charge in [-0.1, -0.05) is 20.8 Å². The second-order valence-corrected chi connectivity index (χ2v) is 4.24. The standard InChI is InChI=1S/C7H17P/c1-4-8-6-5-7(2)3/h7-8H,4-6H2,1-3H3. The van der Waals surface area contributed by atoms with Crippen LogP contribution in [-0.2, 0) is 0 Å². The summed E-state index contributed by atoms with van der Waals surface area (Å²) in [5, 5.41) is 0. The third-order valence-corrected chi connectivity index (χ3v) is 2.29. The van der Waals surface area contributed by atoms with Gasteiger partial charge in [-0.05, 0) is 24.7 Å². The second kappa shape index (κ2) is 5.56. The zero-order chi connectivity index (χ0) is 6.41. The van der Waals surface area contributed by atoms with Crippen molar-refractivity contribution >= 4 is 8.58 Å². The summed E-state index contributed by atoms with van der Waals surface area (Å²) in [6.45, 7) is 6.85. The van der Waals surface area contributed by atoms with Gasteiger partial charge in [0.25, 0.3) is 0 Å². The van der Waals surface area contributed by atoms with Crippen LogP contribution in [-0.4, -0.2) is 12.3 Å². The summed E-state index contributed by atoms with van der Waals surface area (Å²) >= 11 is 0. The molecule has 50 valence electrons. The lowest BCUT2D eigenvalue weighted by atomic mass is 10.2. The molecule has 8 heavy (non-hydrogen) atoms. The first-order chi connectivity index (χ1) is 3.77. The van der Waals surface area contributed by atoms with Gasteiger partial charge in [-0.2, -0.15) is 0 Å². The van der Waals surface area contributed by atoms with Crippen molar-refractivity contribution in [2.24, 2.45) is 5.92 Å². The molecule has 0 spiro atoms. The highest BCUT2D eigenvalue weighted by Crippen LogP contribution is 2.13. The van der Waals surface area contributed by atoms with E-state index < -0.39 is 0 Å². The molecule has 0 aromatic rings. The fourth-order valence-electron chi connectivity index (χ4n) is 0.568. The van der Waals surface area contributed by atoms with Gasteiger partial charge in [0.15, 0.2) is 0 Å². The van der Waals surface area contributed by atoms with Crippen LogP contribution in [0.5, 0.6) is 0 Å². The van der Waals surface area contributed by atoms with E-state index in [1.165, 1.54) is 27.3 Å². The zero-order valence-electron chi connectivity index (χ0n) is 6.20. The molecule has 1 unspecified atom stereocenters. The molecule has 0 N–H and O–H groups in total. The fraction of sp³-hybridized carbons (Fsp3) is 1.00. The van der Waals surface area contributed by atoms with E-state index in [1.807, 2.05) is 0 Å². The Labute approximate surface area is 54.8 Å². The van der Waals surface area contributed by atoms with Gasteiger partial charge in [-0.15, -0.1) is 8.58 Å². The lowest BCUT2D eigenvalue weighted by Crippen LogP contribution is -1.87. The van der Waals surface area contributed by atoms with Gasteiger partial charge >= 0.3 is 0 Å². The Kier molecular flexibility index (Phi) is 5.86. The van der Waals surface area contributed by atoms with Gasteiger partial charge in [-0.3, -0.25) is 0 Å². The van der Waals surface area contributed by atoms with Crippen LogP contribution in [0.4, 0.5) is 0 Å². The van der Waals surface area contributed by atoms with Crippen LogP contribution in [0.25, 0.3) is 0 Å². The summed E-state index contributed by atoms with van der Waals surface area (Å²) in [7, 11) is 1.21. The molecule has 0 fully saturated rings. The van der Waals surface area contributed by atoms with Crippen molar-refractivity contribution in [2.45, 2.75) is 27.2 Å². The fourth-order valence-corrected chi connectivity index (χ4v) is 1.70. The van der Waals surface area contributed by atoms with Crippen LogP contribution in [0.1, 0.15) is 27.2 Å². The summed E-state index contributed by atoms with van der Waals surface area (Å²) in [6.07, 6.45) is 4.26. The smallest absolute Gasteiger partial charge is 0.0351 e. The predicted molar refractivity (Wildman–Crippen MR) is 43.2 cm³/mol. The van der Waals surface area contributed by atoms with E-state index in [-0.39, 0.29) is 0 Å². The first kappa shape index (κ1) is 8.43. The molecule has 0 aliphatic carbocycles. The highest BCUT2D eigenvalue weighted by Gasteiger charge is 1.90. The Hall–Kier alpha value is 0.430. The number of hydrogen-bond acceptors (Lipinski definition) is 0. The summed E-state index contributed by atoms with van der Waals surface area (Å²) in [4.78, 5) is 0. The van der Waals surface area contributed by atoms with Gasteiger partial charge < -0.3 is 0 Å². The summed E-state index contributed by atoms with van der Waals surface area (Å²) in [6, 6.07) is 0. The molecule has 0 nitrogen and oxygen atoms in total. The first-order valence-electron chi connectivity index (χ1n) is 3.48. The third kappa shape index (κ3) is 6.43. The minimum Gasteiger partial charge on any atom is -0.122 e. The maximum absolute atomic E-state index is 2.29. The maximum Gasteiger partial charge on any atom is -0.0351 e. The second-order valence-electron chi connectivity index (χ2n) is 2.54. The molecular weight excluding hydrogens is 115 g/mol. The Morgan fingerprint density at radius 3 is 2.38 bits per heavy atom. The molecule has 0 amide bonds. The molecule has 0 heterocycles. The number of rotatable bonds is 4. The Morgan fingerprint density at radius 1 is 1.38 bits per heavy atom. The van der Waals surface area contributed by atoms with Crippen molar-refractivity contribution in [3.05, 3.63) is 0 Å². The Bertz CT molecular complexity index is 41.7. The normalized spacial score (nSPS) is 12.0. The van der Waals surface area contributed by atoms with Crippen LogP contribution in [0.2, 0.25) is 0 Å². The van der Waals surface area contributed by atoms with Gasteiger partial charge in [0.1, 0.15) is 0 Å². The largest absolute Gasteiger partial charge is 0.122 e. The van der Waals surface area contributed by atoms with Crippen LogP contribution in [0, 0.1) is 5.92 Å². The van der Waals surface area contributed by atoms with Crippen LogP contribution in [0.3, 0.4) is 0 Å². The van der Waals surface area contributed by atoms with E-state index in [9.17, 15) is 0 Å². The van der Waals surface area contributed by atoms with E-state index in [2.05, 4.69) is 20.8 Å². The SMILES string of the molecule is CCPCCC(C)C. The van der Waals surface area contributed by atoms with Crippen molar-refractivity contribution in [3.8, 4) is 0 Å². The van der Waals surface area contributed by atoms with E-state index >= 15 is 0 Å². The highest BCUT2D eigenvalue weighted by molar-refractivity contribution is 7.37. The van der Waals surface area contributed by atoms with Crippen LogP contribution in [0.15, 0.2) is 0 Å². The average molecular weight is 132 g/mol. The lowest BCUT2D eigenvalue weighted by Gasteiger charge is -2.00. The molecule has 0 radical (unpaired) electrons. The van der Waals surface area contributed by atoms with Crippen LogP contribution < -0.4 is 0 Å². The minimum absolute atomic E-state index is 0.911. The molecule has 0 saturated heterocycles. The quantitative estimate of drug-likeness (QED) is 0.407. The van der Waals surface area contributed by atoms with E-state index in [0.717, 1.165) is 5.92 Å². The van der Waals surface area contributed by atoms with Crippen LogP contribution >= 0.6 is 8.58 Å². The van der Waals surface area contributed by atoms with E-state index in [1.54, 1.807) is 0 Å². The summed E-state index contributed by atoms with van der Waals surface area (Å²) in [5.74, 6) is 0.911. The lowest BCUT2D eigenvalue weighted by molar-refractivity contribution is 0.631. The molecule has 0 aliphatic heterocycles. The predicted octanol–water partition coefficient (Wildman–Crippen LogP) is 2.73. The first-order valence-corrected chi connectivity index (χ1v) is 4.89. The number of hydrogen-bond donors (Lipinski definition) is 0. The molecule has 1 heteroatoms. The van der Waals surface area contributed by atoms with Gasteiger partial charge in [-0.25, -0.2) is 0 Å².